The highest BCUT2D eigenvalue weighted by molar-refractivity contribution is 7.80. The fraction of sp³-hybridized carbons (Fsp3) is 0.667. The van der Waals surface area contributed by atoms with Crippen molar-refractivity contribution >= 4 is 28.2 Å². The van der Waals surface area contributed by atoms with Gasteiger partial charge in [-0.2, -0.15) is 26.7 Å². The van der Waals surface area contributed by atoms with Crippen molar-refractivity contribution in [2.45, 2.75) is 31.1 Å². The Balaban J connectivity index is 2.01. The Morgan fingerprint density at radius 2 is 1.88 bits per heavy atom. The average Bonchev–Trinajstić information content (AvgIpc) is 2.67. The molecule has 24 heavy (non-hydrogen) atoms. The van der Waals surface area contributed by atoms with Gasteiger partial charge in [0, 0.05) is 6.54 Å². The first-order valence-corrected chi connectivity index (χ1v) is 7.70. The summed E-state index contributed by atoms with van der Waals surface area (Å²) in [6.07, 6.45) is -5.13. The molecule has 2 aliphatic heterocycles. The number of alkyl halides is 3. The van der Waals surface area contributed by atoms with E-state index in [4.69, 9.17) is 4.55 Å². The minimum atomic E-state index is -5.20. The van der Waals surface area contributed by atoms with E-state index in [1.807, 2.05) is 0 Å². The number of hydroxylamine groups is 2. The van der Waals surface area contributed by atoms with Crippen molar-refractivity contribution in [1.82, 2.24) is 20.8 Å². The van der Waals surface area contributed by atoms with E-state index in [-0.39, 0.29) is 19.4 Å². The molecular formula is C9H11F3N4O7S. The first-order chi connectivity index (χ1) is 10.9. The fourth-order valence-corrected chi connectivity index (χ4v) is 2.77. The summed E-state index contributed by atoms with van der Waals surface area (Å²) >= 11 is 0. The quantitative estimate of drug-likeness (QED) is 0.410. The van der Waals surface area contributed by atoms with Crippen LogP contribution in [0.1, 0.15) is 12.8 Å². The first-order valence-electron chi connectivity index (χ1n) is 6.34. The summed E-state index contributed by atoms with van der Waals surface area (Å²) in [6.45, 7) is -0.139. The van der Waals surface area contributed by atoms with Crippen LogP contribution in [0.25, 0.3) is 0 Å². The molecule has 4 amide bonds. The number of piperidine rings is 1. The smallest absolute Gasteiger partial charge is 0.309 e. The third-order valence-electron chi connectivity index (χ3n) is 3.36. The highest BCUT2D eigenvalue weighted by Crippen LogP contribution is 2.30. The van der Waals surface area contributed by atoms with Crippen molar-refractivity contribution in [3.63, 3.8) is 0 Å². The Labute approximate surface area is 132 Å². The van der Waals surface area contributed by atoms with E-state index in [0.29, 0.717) is 5.06 Å². The van der Waals surface area contributed by atoms with Crippen LogP contribution in [0.5, 0.6) is 0 Å². The first kappa shape index (κ1) is 18.2. The summed E-state index contributed by atoms with van der Waals surface area (Å²) in [5.41, 5.74) is 2.71. The molecule has 0 aromatic rings. The summed E-state index contributed by atoms with van der Waals surface area (Å²) in [5.74, 6) is -3.48. The van der Waals surface area contributed by atoms with Crippen LogP contribution in [0.15, 0.2) is 0 Å². The van der Waals surface area contributed by atoms with E-state index < -0.39 is 46.5 Å². The van der Waals surface area contributed by atoms with Crippen LogP contribution in [0.4, 0.5) is 18.0 Å². The molecule has 0 radical (unpaired) electrons. The van der Waals surface area contributed by atoms with Gasteiger partial charge in [-0.15, -0.1) is 4.28 Å². The molecule has 2 saturated heterocycles. The van der Waals surface area contributed by atoms with Gasteiger partial charge in [0.2, 0.25) is 0 Å². The molecule has 0 unspecified atom stereocenters. The topological polar surface area (TPSA) is 145 Å². The van der Waals surface area contributed by atoms with Crippen LogP contribution in [0.3, 0.4) is 0 Å². The van der Waals surface area contributed by atoms with E-state index in [0.717, 1.165) is 10.3 Å². The van der Waals surface area contributed by atoms with Gasteiger partial charge in [0.15, 0.2) is 0 Å². The number of hydrazine groups is 1. The monoisotopic (exact) mass is 376 g/mol. The maximum Gasteiger partial charge on any atom is 0.472 e. The van der Waals surface area contributed by atoms with E-state index in [9.17, 15) is 36.0 Å². The Kier molecular flexibility index (Phi) is 4.60. The molecule has 2 atom stereocenters. The second-order valence-corrected chi connectivity index (χ2v) is 5.96. The van der Waals surface area contributed by atoms with Crippen molar-refractivity contribution in [3.05, 3.63) is 0 Å². The molecule has 2 bridgehead atoms. The number of rotatable bonds is 3. The summed E-state index contributed by atoms with van der Waals surface area (Å²) in [6, 6.07) is -3.05. The van der Waals surface area contributed by atoms with Crippen molar-refractivity contribution in [2.75, 3.05) is 6.54 Å². The Morgan fingerprint density at radius 3 is 2.42 bits per heavy atom. The predicted octanol–water partition coefficient (Wildman–Crippen LogP) is -1.30. The van der Waals surface area contributed by atoms with Crippen LogP contribution in [-0.4, -0.2) is 65.6 Å². The van der Waals surface area contributed by atoms with E-state index in [2.05, 4.69) is 4.28 Å². The van der Waals surface area contributed by atoms with Crippen molar-refractivity contribution in [2.24, 2.45) is 0 Å². The lowest BCUT2D eigenvalue weighted by atomic mass is 10.0. The number of hydrogen-bond acceptors (Lipinski definition) is 6. The molecule has 2 heterocycles. The summed E-state index contributed by atoms with van der Waals surface area (Å²) in [5, 5.41) is 0.372. The number of hydrogen-bond donors (Lipinski definition) is 3. The van der Waals surface area contributed by atoms with Gasteiger partial charge >= 0.3 is 28.5 Å². The maximum atomic E-state index is 12.0. The highest BCUT2D eigenvalue weighted by Gasteiger charge is 2.49. The Bertz CT molecular complexity index is 667. The largest absolute Gasteiger partial charge is 0.472 e. The molecule has 15 heteroatoms. The second kappa shape index (κ2) is 6.06. The Hall–Kier alpha value is -2.13. The van der Waals surface area contributed by atoms with Crippen molar-refractivity contribution in [3.8, 4) is 0 Å². The second-order valence-electron chi connectivity index (χ2n) is 4.95. The van der Waals surface area contributed by atoms with Gasteiger partial charge in [-0.05, 0) is 12.8 Å². The predicted molar refractivity (Wildman–Crippen MR) is 65.7 cm³/mol. The average molecular weight is 376 g/mol. The zero-order chi connectivity index (χ0) is 18.3. The number of fused-ring (bicyclic) bond motifs is 2. The molecule has 0 aliphatic carbocycles. The molecule has 3 N–H and O–H groups in total. The molecule has 2 aliphatic rings. The van der Waals surface area contributed by atoms with Gasteiger partial charge in [-0.1, -0.05) is 0 Å². The molecular weight excluding hydrogens is 365 g/mol. The number of halogens is 3. The fourth-order valence-electron chi connectivity index (χ4n) is 2.38. The summed E-state index contributed by atoms with van der Waals surface area (Å²) in [4.78, 5) is 35.3. The number of carbonyl (C=O) groups is 3. The molecule has 2 rings (SSSR count). The van der Waals surface area contributed by atoms with Gasteiger partial charge in [0.1, 0.15) is 6.04 Å². The third kappa shape index (κ3) is 3.85. The van der Waals surface area contributed by atoms with Gasteiger partial charge in [0.05, 0.1) is 6.04 Å². The van der Waals surface area contributed by atoms with Crippen LogP contribution < -0.4 is 10.9 Å². The van der Waals surface area contributed by atoms with Gasteiger partial charge in [0.25, 0.3) is 5.91 Å². The lowest BCUT2D eigenvalue weighted by Crippen LogP contribution is -2.56. The van der Waals surface area contributed by atoms with Gasteiger partial charge in [-0.3, -0.25) is 25.0 Å². The number of nitrogens with zero attached hydrogens (tertiary/aromatic N) is 2. The van der Waals surface area contributed by atoms with Crippen molar-refractivity contribution in [1.29, 1.82) is 0 Å². The lowest BCUT2D eigenvalue weighted by Gasteiger charge is -2.29. The van der Waals surface area contributed by atoms with Crippen LogP contribution in [0, 0.1) is 0 Å². The van der Waals surface area contributed by atoms with Crippen LogP contribution in [0.2, 0.25) is 0 Å². The number of nitrogens with one attached hydrogen (secondary N) is 2. The van der Waals surface area contributed by atoms with Gasteiger partial charge in [-0.25, -0.2) is 4.79 Å². The molecule has 0 spiro atoms. The number of carbonyl (C=O) groups excluding carboxylic acids is 3. The molecule has 0 saturated carbocycles. The molecule has 0 aromatic heterocycles. The van der Waals surface area contributed by atoms with E-state index in [1.54, 1.807) is 5.43 Å². The van der Waals surface area contributed by atoms with Crippen LogP contribution >= 0.6 is 0 Å². The Morgan fingerprint density at radius 1 is 1.25 bits per heavy atom. The molecule has 136 valence electrons. The molecule has 11 nitrogen and oxygen atoms in total. The van der Waals surface area contributed by atoms with Gasteiger partial charge < -0.3 is 4.90 Å². The lowest BCUT2D eigenvalue weighted by molar-refractivity contribution is -0.175. The van der Waals surface area contributed by atoms with Crippen molar-refractivity contribution < 1.29 is 44.8 Å². The van der Waals surface area contributed by atoms with E-state index in [1.165, 1.54) is 0 Å². The summed E-state index contributed by atoms with van der Waals surface area (Å²) < 4.78 is 70.2. The zero-order valence-electron chi connectivity index (χ0n) is 11.6. The maximum absolute atomic E-state index is 12.0. The minimum Gasteiger partial charge on any atom is -0.309 e. The van der Waals surface area contributed by atoms with E-state index >= 15 is 0 Å². The van der Waals surface area contributed by atoms with Crippen LogP contribution in [-0.2, 0) is 24.3 Å². The SMILES string of the molecule is O=C(NNC(=O)C(F)(F)F)[C@@H]1CC[C@@H]2CN1C(=O)N2OS(=O)(=O)O. The zero-order valence-corrected chi connectivity index (χ0v) is 12.4. The summed E-state index contributed by atoms with van der Waals surface area (Å²) in [7, 11) is -4.96. The normalized spacial score (nSPS) is 24.1. The third-order valence-corrected chi connectivity index (χ3v) is 3.71. The highest BCUT2D eigenvalue weighted by atomic mass is 32.3. The molecule has 2 fully saturated rings. The number of amides is 4. The molecule has 0 aromatic carbocycles. The standard InChI is InChI=1S/C9H11F3N4O7S/c10-9(11,12)7(18)14-13-6(17)5-2-1-4-3-15(5)8(19)16(4)23-24(20,21)22/h4-5H,1-3H2,(H,13,17)(H,14,18)(H,20,21,22)/t4-,5+/m1/s1. The number of urea groups is 1. The minimum absolute atomic E-state index is 0.0184.